The summed E-state index contributed by atoms with van der Waals surface area (Å²) in [5.41, 5.74) is 0.964. The second-order valence-electron chi connectivity index (χ2n) is 6.77. The minimum absolute atomic E-state index is 0.170. The number of ether oxygens (including phenoxy) is 1. The molecule has 0 bridgehead atoms. The topological polar surface area (TPSA) is 57.7 Å². The van der Waals surface area contributed by atoms with Gasteiger partial charge in [0.15, 0.2) is 0 Å². The summed E-state index contributed by atoms with van der Waals surface area (Å²) in [6.07, 6.45) is 1.91. The highest BCUT2D eigenvalue weighted by Gasteiger charge is 2.54. The summed E-state index contributed by atoms with van der Waals surface area (Å²) < 4.78 is 17.0. The highest BCUT2D eigenvalue weighted by atomic mass is 16.7. The maximum atomic E-state index is 11.8. The summed E-state index contributed by atoms with van der Waals surface area (Å²) in [6.45, 7) is 9.96. The maximum absolute atomic E-state index is 11.8. The Labute approximate surface area is 132 Å². The Morgan fingerprint density at radius 1 is 1.32 bits per heavy atom. The van der Waals surface area contributed by atoms with Crippen molar-refractivity contribution in [3.8, 4) is 0 Å². The highest BCUT2D eigenvalue weighted by Crippen LogP contribution is 2.41. The zero-order chi connectivity index (χ0) is 16.5. The summed E-state index contributed by atoms with van der Waals surface area (Å²) in [4.78, 5) is 16.2. The van der Waals surface area contributed by atoms with E-state index in [1.54, 1.807) is 6.20 Å². The normalized spacial score (nSPS) is 20.7. The Bertz CT molecular complexity index is 543. The molecule has 1 aliphatic heterocycles. The molecule has 1 aromatic rings. The highest BCUT2D eigenvalue weighted by molar-refractivity contribution is 6.48. The molecule has 0 aliphatic carbocycles. The van der Waals surface area contributed by atoms with Crippen LogP contribution in [0.3, 0.4) is 0 Å². The summed E-state index contributed by atoms with van der Waals surface area (Å²) >= 11 is 0. The summed E-state index contributed by atoms with van der Waals surface area (Å²) in [5.74, 6) is -0.601. The van der Waals surface area contributed by atoms with Crippen LogP contribution in [-0.2, 0) is 18.8 Å². The number of hydrogen-bond acceptors (Lipinski definition) is 5. The van der Waals surface area contributed by atoms with Crippen LogP contribution in [0.15, 0.2) is 18.3 Å². The molecular formula is C16H24BNO4. The number of methoxy groups -OCH3 is 1. The van der Waals surface area contributed by atoms with Crippen molar-refractivity contribution < 1.29 is 18.8 Å². The first-order chi connectivity index (χ1) is 10.2. The van der Waals surface area contributed by atoms with E-state index in [0.717, 1.165) is 11.3 Å². The molecule has 5 nitrogen and oxygen atoms in total. The van der Waals surface area contributed by atoms with Crippen LogP contribution in [-0.4, -0.2) is 36.4 Å². The molecule has 1 fully saturated rings. The fourth-order valence-electron chi connectivity index (χ4n) is 2.42. The van der Waals surface area contributed by atoms with Crippen LogP contribution in [0.25, 0.3) is 0 Å². The lowest BCUT2D eigenvalue weighted by molar-refractivity contribution is -0.140. The third-order valence-electron chi connectivity index (χ3n) is 4.53. The molecule has 2 rings (SSSR count). The van der Waals surface area contributed by atoms with Crippen molar-refractivity contribution in [3.05, 3.63) is 29.6 Å². The molecule has 0 radical (unpaired) electrons. The first kappa shape index (κ1) is 17.0. The first-order valence-corrected chi connectivity index (χ1v) is 7.51. The quantitative estimate of drug-likeness (QED) is 0.632. The van der Waals surface area contributed by atoms with Gasteiger partial charge in [-0.3, -0.25) is 9.78 Å². The van der Waals surface area contributed by atoms with Crippen LogP contribution >= 0.6 is 0 Å². The number of rotatable bonds is 4. The van der Waals surface area contributed by atoms with Gasteiger partial charge in [0, 0.05) is 17.7 Å². The molecule has 22 heavy (non-hydrogen) atoms. The van der Waals surface area contributed by atoms with Crippen LogP contribution in [0.2, 0.25) is 0 Å². The predicted octanol–water partition coefficient (Wildman–Crippen LogP) is 2.67. The van der Waals surface area contributed by atoms with Gasteiger partial charge in [0.25, 0.3) is 0 Å². The lowest BCUT2D eigenvalue weighted by Crippen LogP contribution is -2.41. The van der Waals surface area contributed by atoms with E-state index < -0.39 is 18.3 Å². The van der Waals surface area contributed by atoms with Crippen LogP contribution < -0.4 is 0 Å². The van der Waals surface area contributed by atoms with Crippen LogP contribution in [0.4, 0.5) is 0 Å². The third kappa shape index (κ3) is 3.33. The fourth-order valence-corrected chi connectivity index (χ4v) is 2.42. The summed E-state index contributed by atoms with van der Waals surface area (Å²) in [6, 6.07) is 3.88. The van der Waals surface area contributed by atoms with Gasteiger partial charge in [-0.05, 0) is 52.3 Å². The molecule has 0 amide bonds. The van der Waals surface area contributed by atoms with Crippen LogP contribution in [0, 0.1) is 6.92 Å². The van der Waals surface area contributed by atoms with E-state index in [1.807, 2.05) is 46.8 Å². The molecule has 0 spiro atoms. The number of nitrogens with zero attached hydrogens (tertiary/aromatic N) is 1. The van der Waals surface area contributed by atoms with Crippen molar-refractivity contribution >= 4 is 13.1 Å². The molecule has 2 heterocycles. The number of hydrogen-bond donors (Lipinski definition) is 0. The van der Waals surface area contributed by atoms with E-state index in [0.29, 0.717) is 0 Å². The van der Waals surface area contributed by atoms with Gasteiger partial charge in [-0.1, -0.05) is 0 Å². The molecule has 0 aromatic carbocycles. The molecule has 6 heteroatoms. The van der Waals surface area contributed by atoms with E-state index in [4.69, 9.17) is 14.0 Å². The molecule has 1 unspecified atom stereocenters. The Hall–Kier alpha value is -1.40. The number of esters is 1. The van der Waals surface area contributed by atoms with Crippen molar-refractivity contribution in [2.45, 2.75) is 58.1 Å². The van der Waals surface area contributed by atoms with Gasteiger partial charge < -0.3 is 14.0 Å². The van der Waals surface area contributed by atoms with E-state index >= 15 is 0 Å². The number of carbonyl (C=O) groups excluding carboxylic acids is 1. The zero-order valence-electron chi connectivity index (χ0n) is 14.2. The molecule has 0 N–H and O–H groups in total. The standard InChI is InChI=1S/C16H24BNO4/c1-11-7-8-18-13(9-11)12(10-14(19)20-6)17-21-15(2,3)16(4,5)22-17/h7-9,12H,10H2,1-6H3. The second kappa shape index (κ2) is 6.01. The maximum Gasteiger partial charge on any atom is 0.468 e. The van der Waals surface area contributed by atoms with Crippen molar-refractivity contribution in [2.75, 3.05) is 7.11 Å². The van der Waals surface area contributed by atoms with Crippen molar-refractivity contribution in [2.24, 2.45) is 0 Å². The molecule has 1 saturated heterocycles. The van der Waals surface area contributed by atoms with Gasteiger partial charge in [-0.15, -0.1) is 0 Å². The molecule has 1 atom stereocenters. The van der Waals surface area contributed by atoms with Gasteiger partial charge in [-0.2, -0.15) is 0 Å². The van der Waals surface area contributed by atoms with Crippen molar-refractivity contribution in [3.63, 3.8) is 0 Å². The van der Waals surface area contributed by atoms with Gasteiger partial charge >= 0.3 is 13.1 Å². The van der Waals surface area contributed by atoms with Gasteiger partial charge in [-0.25, -0.2) is 0 Å². The van der Waals surface area contributed by atoms with Crippen LogP contribution in [0.1, 0.15) is 51.2 Å². The number of carbonyl (C=O) groups is 1. The first-order valence-electron chi connectivity index (χ1n) is 7.51. The monoisotopic (exact) mass is 305 g/mol. The third-order valence-corrected chi connectivity index (χ3v) is 4.53. The summed E-state index contributed by atoms with van der Waals surface area (Å²) in [7, 11) is 0.853. The molecule has 1 aromatic heterocycles. The van der Waals surface area contributed by atoms with Gasteiger partial charge in [0.2, 0.25) is 0 Å². The number of aromatic nitrogens is 1. The van der Waals surface area contributed by atoms with E-state index in [1.165, 1.54) is 7.11 Å². The minimum Gasteiger partial charge on any atom is -0.469 e. The second-order valence-corrected chi connectivity index (χ2v) is 6.77. The Morgan fingerprint density at radius 3 is 2.41 bits per heavy atom. The van der Waals surface area contributed by atoms with Gasteiger partial charge in [0.05, 0.1) is 24.7 Å². The fraction of sp³-hybridized carbons (Fsp3) is 0.625. The van der Waals surface area contributed by atoms with E-state index in [9.17, 15) is 4.79 Å². The predicted molar refractivity (Wildman–Crippen MR) is 84.4 cm³/mol. The van der Waals surface area contributed by atoms with E-state index in [2.05, 4.69) is 4.98 Å². The number of pyridine rings is 1. The Balaban J connectivity index is 2.32. The Kier molecular flexibility index (Phi) is 4.63. The molecular weight excluding hydrogens is 281 g/mol. The smallest absolute Gasteiger partial charge is 0.468 e. The van der Waals surface area contributed by atoms with E-state index in [-0.39, 0.29) is 18.2 Å². The molecule has 1 aliphatic rings. The SMILES string of the molecule is COC(=O)CC(B1OC(C)(C)C(C)(C)O1)c1cc(C)ccn1. The molecule has 120 valence electrons. The van der Waals surface area contributed by atoms with Crippen molar-refractivity contribution in [1.82, 2.24) is 4.98 Å². The summed E-state index contributed by atoms with van der Waals surface area (Å²) in [5, 5.41) is 0. The average Bonchev–Trinajstić information content (AvgIpc) is 2.64. The largest absolute Gasteiger partial charge is 0.469 e. The average molecular weight is 305 g/mol. The van der Waals surface area contributed by atoms with Gasteiger partial charge in [0.1, 0.15) is 0 Å². The minimum atomic E-state index is -0.529. The van der Waals surface area contributed by atoms with Crippen molar-refractivity contribution in [1.29, 1.82) is 0 Å². The Morgan fingerprint density at radius 2 is 1.91 bits per heavy atom. The zero-order valence-corrected chi connectivity index (χ0v) is 14.2. The lowest BCUT2D eigenvalue weighted by Gasteiger charge is -2.32. The van der Waals surface area contributed by atoms with Crippen LogP contribution in [0.5, 0.6) is 0 Å². The molecule has 0 saturated carbocycles. The number of aryl methyl sites for hydroxylation is 1. The lowest BCUT2D eigenvalue weighted by atomic mass is 9.67.